The van der Waals surface area contributed by atoms with Gasteiger partial charge in [0, 0.05) is 0 Å². The first-order valence-electron chi connectivity index (χ1n) is 1.91. The van der Waals surface area contributed by atoms with Gasteiger partial charge in [0.1, 0.15) is 5.55 Å². The van der Waals surface area contributed by atoms with E-state index in [2.05, 4.69) is 35.0 Å². The Bertz CT molecular complexity index is 87.1. The number of thiocarbonyl (C=S) groups is 2. The van der Waals surface area contributed by atoms with Crippen molar-refractivity contribution in [2.24, 2.45) is 11.6 Å². The molecule has 9 heavy (non-hydrogen) atoms. The van der Waals surface area contributed by atoms with Gasteiger partial charge in [-0.15, -0.1) is 0 Å². The molecule has 0 atom stereocenters. The molecule has 0 aromatic heterocycles. The van der Waals surface area contributed by atoms with Crippen molar-refractivity contribution in [3.8, 4) is 0 Å². The third-order valence-electron chi connectivity index (χ3n) is 0.238. The van der Waals surface area contributed by atoms with Crippen molar-refractivity contribution >= 4 is 35.1 Å². The summed E-state index contributed by atoms with van der Waals surface area (Å²) < 4.78 is 4.23. The van der Waals surface area contributed by atoms with E-state index in [1.807, 2.05) is 5.43 Å². The van der Waals surface area contributed by atoms with Gasteiger partial charge in [-0.3, -0.25) is 0 Å². The molecular weight excluding hydrogens is 158 g/mol. The maximum Gasteiger partial charge on any atom is 0.177 e. The number of hydrogen-bond acceptors (Lipinski definition) is 4. The van der Waals surface area contributed by atoms with Gasteiger partial charge in [0.05, 0.1) is 7.11 Å². The molecule has 0 saturated heterocycles. The topological polar surface area (TPSA) is 73.3 Å². The van der Waals surface area contributed by atoms with Gasteiger partial charge in [0.25, 0.3) is 0 Å². The molecule has 0 radical (unpaired) electrons. The molecule has 5 N–H and O–H groups in total. The van der Waals surface area contributed by atoms with E-state index >= 15 is 0 Å². The Balaban J connectivity index is 0. The molecule has 54 valence electrons. The van der Waals surface area contributed by atoms with Gasteiger partial charge in [0.15, 0.2) is 5.11 Å². The number of nitrogens with two attached hydrogens (primary N) is 2. The van der Waals surface area contributed by atoms with Gasteiger partial charge in [-0.25, -0.2) is 5.84 Å². The summed E-state index contributed by atoms with van der Waals surface area (Å²) in [5.74, 6) is 4.66. The lowest BCUT2D eigenvalue weighted by Gasteiger charge is -1.85. The minimum atomic E-state index is 0.116. The monoisotopic (exact) mass is 167 g/mol. The van der Waals surface area contributed by atoms with E-state index in [4.69, 9.17) is 5.73 Å². The molecule has 0 bridgehead atoms. The van der Waals surface area contributed by atoms with Crippen molar-refractivity contribution in [1.29, 1.82) is 0 Å². The summed E-state index contributed by atoms with van der Waals surface area (Å²) in [5.41, 5.74) is 8.03. The second-order valence-electron chi connectivity index (χ2n) is 0.841. The van der Waals surface area contributed by atoms with Crippen molar-refractivity contribution in [2.75, 3.05) is 7.11 Å². The number of hydrogen-bond donors (Lipinski definition) is 3. The average Bonchev–Trinajstić information content (AvgIpc) is 1.89. The van der Waals surface area contributed by atoms with E-state index in [0.29, 0.717) is 0 Å². The van der Waals surface area contributed by atoms with Crippen LogP contribution in [-0.4, -0.2) is 17.8 Å². The second-order valence-corrected chi connectivity index (χ2v) is 1.47. The molecule has 0 aliphatic heterocycles. The number of nitrogens with one attached hydrogen (secondary N) is 1. The van der Waals surface area contributed by atoms with Crippen molar-refractivity contribution < 1.29 is 4.74 Å². The summed E-state index contributed by atoms with van der Waals surface area (Å²) in [6.07, 6.45) is 0. The van der Waals surface area contributed by atoms with Crippen LogP contribution in [0.15, 0.2) is 0 Å². The van der Waals surface area contributed by atoms with Crippen molar-refractivity contribution in [3.63, 3.8) is 0 Å². The largest absolute Gasteiger partial charge is 0.493 e. The van der Waals surface area contributed by atoms with Crippen LogP contribution in [0.3, 0.4) is 0 Å². The molecular formula is C3H9N3OS2. The van der Waals surface area contributed by atoms with E-state index < -0.39 is 0 Å². The van der Waals surface area contributed by atoms with E-state index in [1.54, 1.807) is 0 Å². The van der Waals surface area contributed by atoms with Gasteiger partial charge in [-0.1, -0.05) is 0 Å². The van der Waals surface area contributed by atoms with Crippen molar-refractivity contribution in [1.82, 2.24) is 5.43 Å². The second kappa shape index (κ2) is 10.5. The van der Waals surface area contributed by atoms with E-state index in [9.17, 15) is 0 Å². The molecule has 4 nitrogen and oxygen atoms in total. The third-order valence-corrected chi connectivity index (χ3v) is 0.549. The van der Waals surface area contributed by atoms with Gasteiger partial charge >= 0.3 is 0 Å². The lowest BCUT2D eigenvalue weighted by Crippen LogP contribution is -2.34. The number of ether oxygens (including phenoxy) is 1. The maximum absolute atomic E-state index is 4.79. The molecule has 0 aromatic carbocycles. The van der Waals surface area contributed by atoms with Crippen LogP contribution in [0, 0.1) is 0 Å². The minimum Gasteiger partial charge on any atom is -0.493 e. The summed E-state index contributed by atoms with van der Waals surface area (Å²) in [6, 6.07) is 0. The molecule has 0 unspecified atom stereocenters. The average molecular weight is 167 g/mol. The fourth-order valence-corrected chi connectivity index (χ4v) is 0. The van der Waals surface area contributed by atoms with Gasteiger partial charge < -0.3 is 15.9 Å². The van der Waals surface area contributed by atoms with E-state index in [0.717, 1.165) is 0 Å². The highest BCUT2D eigenvalue weighted by atomic mass is 32.1. The first kappa shape index (κ1) is 11.4. The van der Waals surface area contributed by atoms with Crippen molar-refractivity contribution in [2.45, 2.75) is 0 Å². The summed E-state index contributed by atoms with van der Waals surface area (Å²) in [5, 5.41) is 0.116. The summed E-state index contributed by atoms with van der Waals surface area (Å²) in [6.45, 7) is 0. The molecule has 0 amide bonds. The Labute approximate surface area is 64.5 Å². The Morgan fingerprint density at radius 2 is 2.00 bits per heavy atom. The Morgan fingerprint density at radius 1 is 1.78 bits per heavy atom. The SMILES string of the molecule is COC=S.NNC(N)=S. The Hall–Kier alpha value is -0.460. The lowest BCUT2D eigenvalue weighted by atomic mass is 11.2. The van der Waals surface area contributed by atoms with Gasteiger partial charge in [0.2, 0.25) is 0 Å². The minimum absolute atomic E-state index is 0.116. The van der Waals surface area contributed by atoms with Crippen LogP contribution in [0.25, 0.3) is 0 Å². The lowest BCUT2D eigenvalue weighted by molar-refractivity contribution is 0.432. The highest BCUT2D eigenvalue weighted by Crippen LogP contribution is 1.45. The highest BCUT2D eigenvalue weighted by molar-refractivity contribution is 7.80. The zero-order valence-corrected chi connectivity index (χ0v) is 6.59. The summed E-state index contributed by atoms with van der Waals surface area (Å²) >= 11 is 8.44. The van der Waals surface area contributed by atoms with Crippen molar-refractivity contribution in [3.05, 3.63) is 0 Å². The van der Waals surface area contributed by atoms with Crippen LogP contribution in [0.4, 0.5) is 0 Å². The number of methoxy groups -OCH3 is 1. The first-order chi connectivity index (χ1) is 4.18. The first-order valence-corrected chi connectivity index (χ1v) is 2.79. The standard InChI is InChI=1S/C2H4OS.CH5N3S/c1-3-2-4;2-1(5)4-3/h2H,1H3;3H2,(H3,2,4,5). The van der Waals surface area contributed by atoms with Crippen LogP contribution in [0.2, 0.25) is 0 Å². The normalized spacial score (nSPS) is 6.00. The molecule has 0 saturated carbocycles. The van der Waals surface area contributed by atoms with Gasteiger partial charge in [-0.05, 0) is 24.4 Å². The van der Waals surface area contributed by atoms with Crippen LogP contribution in [0.1, 0.15) is 0 Å². The van der Waals surface area contributed by atoms with Gasteiger partial charge in [-0.2, -0.15) is 0 Å². The number of hydrazine groups is 1. The fraction of sp³-hybridized carbons (Fsp3) is 0.333. The summed E-state index contributed by atoms with van der Waals surface area (Å²) in [7, 11) is 1.52. The fourth-order valence-electron chi connectivity index (χ4n) is 0. The Kier molecular flexibility index (Phi) is 13.3. The molecule has 0 fully saturated rings. The Morgan fingerprint density at radius 3 is 2.00 bits per heavy atom. The van der Waals surface area contributed by atoms with E-state index in [-0.39, 0.29) is 5.11 Å². The molecule has 0 rings (SSSR count). The molecule has 6 heteroatoms. The van der Waals surface area contributed by atoms with Crippen LogP contribution < -0.4 is 17.0 Å². The molecule has 0 heterocycles. The quantitative estimate of drug-likeness (QED) is 0.272. The smallest absolute Gasteiger partial charge is 0.177 e. The van der Waals surface area contributed by atoms with Crippen LogP contribution >= 0.6 is 24.4 Å². The molecule has 0 aliphatic carbocycles. The van der Waals surface area contributed by atoms with Crippen LogP contribution in [0.5, 0.6) is 0 Å². The molecule has 0 spiro atoms. The zero-order valence-electron chi connectivity index (χ0n) is 4.96. The predicted molar refractivity (Wildman–Crippen MR) is 44.8 cm³/mol. The predicted octanol–water partition coefficient (Wildman–Crippen LogP) is -0.717. The van der Waals surface area contributed by atoms with Crippen LogP contribution in [-0.2, 0) is 4.74 Å². The number of rotatable bonds is 1. The molecule has 0 aliphatic rings. The third kappa shape index (κ3) is 35.9. The summed E-state index contributed by atoms with van der Waals surface area (Å²) in [4.78, 5) is 0. The van der Waals surface area contributed by atoms with E-state index in [1.165, 1.54) is 12.7 Å². The molecule has 0 aromatic rings. The highest BCUT2D eigenvalue weighted by Gasteiger charge is 1.66. The zero-order chi connectivity index (χ0) is 7.70. The maximum atomic E-state index is 4.79.